The molecule has 0 radical (unpaired) electrons. The molecule has 1 fully saturated rings. The summed E-state index contributed by atoms with van der Waals surface area (Å²) in [6.45, 7) is 3.61. The van der Waals surface area contributed by atoms with Gasteiger partial charge in [0.05, 0.1) is 29.0 Å². The lowest BCUT2D eigenvalue weighted by Crippen LogP contribution is -2.31. The van der Waals surface area contributed by atoms with E-state index in [9.17, 15) is 4.79 Å². The first-order valence-electron chi connectivity index (χ1n) is 8.48. The van der Waals surface area contributed by atoms with Crippen LogP contribution in [0.4, 0.5) is 10.5 Å². The molecule has 2 aromatic rings. The number of aromatic nitrogens is 1. The van der Waals surface area contributed by atoms with Crippen molar-refractivity contribution in [3.8, 4) is 5.75 Å². The van der Waals surface area contributed by atoms with E-state index in [-0.39, 0.29) is 12.1 Å². The van der Waals surface area contributed by atoms with Crippen LogP contribution in [0.15, 0.2) is 23.6 Å². The highest BCUT2D eigenvalue weighted by Gasteiger charge is 2.18. The SMILES string of the molecule is Cc1nc(CN(C)C(=O)Nc2cc(Cl)ccc2OCC2CCCO2)cs1. The van der Waals surface area contributed by atoms with Crippen molar-refractivity contribution in [2.45, 2.75) is 32.4 Å². The molecule has 1 unspecified atom stereocenters. The minimum absolute atomic E-state index is 0.102. The van der Waals surface area contributed by atoms with Crippen molar-refractivity contribution in [2.75, 3.05) is 25.6 Å². The summed E-state index contributed by atoms with van der Waals surface area (Å²) in [7, 11) is 1.72. The Balaban J connectivity index is 1.63. The molecule has 1 N–H and O–H groups in total. The van der Waals surface area contributed by atoms with Gasteiger partial charge in [-0.2, -0.15) is 0 Å². The zero-order valence-electron chi connectivity index (χ0n) is 14.8. The Kier molecular flexibility index (Phi) is 6.34. The monoisotopic (exact) mass is 395 g/mol. The molecule has 8 heteroatoms. The Morgan fingerprint density at radius 1 is 1.54 bits per heavy atom. The third kappa shape index (κ3) is 5.09. The van der Waals surface area contributed by atoms with Gasteiger partial charge >= 0.3 is 6.03 Å². The van der Waals surface area contributed by atoms with E-state index >= 15 is 0 Å². The van der Waals surface area contributed by atoms with Gasteiger partial charge in [0.25, 0.3) is 0 Å². The largest absolute Gasteiger partial charge is 0.489 e. The molecule has 0 bridgehead atoms. The van der Waals surface area contributed by atoms with Crippen molar-refractivity contribution in [3.05, 3.63) is 39.3 Å². The lowest BCUT2D eigenvalue weighted by atomic mass is 10.2. The second kappa shape index (κ2) is 8.70. The van der Waals surface area contributed by atoms with E-state index < -0.39 is 0 Å². The number of ether oxygens (including phenoxy) is 2. The number of hydrogen-bond donors (Lipinski definition) is 1. The van der Waals surface area contributed by atoms with Crippen LogP contribution < -0.4 is 10.1 Å². The maximum absolute atomic E-state index is 12.5. The van der Waals surface area contributed by atoms with Gasteiger partial charge in [-0.1, -0.05) is 11.6 Å². The minimum atomic E-state index is -0.250. The normalized spacial score (nSPS) is 16.5. The molecule has 1 aliphatic heterocycles. The quantitative estimate of drug-likeness (QED) is 0.790. The fourth-order valence-corrected chi connectivity index (χ4v) is 3.47. The van der Waals surface area contributed by atoms with E-state index in [1.165, 1.54) is 0 Å². The van der Waals surface area contributed by atoms with Crippen LogP contribution in [0.2, 0.25) is 5.02 Å². The molecular weight excluding hydrogens is 374 g/mol. The standard InChI is InChI=1S/C18H22ClN3O3S/c1-12-20-14(11-26-12)9-22(2)18(23)21-16-8-13(19)5-6-17(16)25-10-15-4-3-7-24-15/h5-6,8,11,15H,3-4,7,9-10H2,1-2H3,(H,21,23). The van der Waals surface area contributed by atoms with E-state index in [2.05, 4.69) is 10.3 Å². The summed E-state index contributed by atoms with van der Waals surface area (Å²) in [5, 5.41) is 6.33. The molecule has 26 heavy (non-hydrogen) atoms. The number of nitrogens with one attached hydrogen (secondary N) is 1. The van der Waals surface area contributed by atoms with Crippen LogP contribution in [0.1, 0.15) is 23.5 Å². The Hall–Kier alpha value is -1.83. The molecule has 6 nitrogen and oxygen atoms in total. The molecule has 140 valence electrons. The highest BCUT2D eigenvalue weighted by atomic mass is 35.5. The van der Waals surface area contributed by atoms with Crippen molar-refractivity contribution >= 4 is 34.7 Å². The smallest absolute Gasteiger partial charge is 0.322 e. The van der Waals surface area contributed by atoms with E-state index in [1.54, 1.807) is 41.5 Å². The molecule has 1 aliphatic rings. The molecular formula is C18H22ClN3O3S. The van der Waals surface area contributed by atoms with E-state index in [4.69, 9.17) is 21.1 Å². The number of carbonyl (C=O) groups is 1. The highest BCUT2D eigenvalue weighted by Crippen LogP contribution is 2.29. The van der Waals surface area contributed by atoms with E-state index in [1.807, 2.05) is 12.3 Å². The van der Waals surface area contributed by atoms with Gasteiger partial charge in [0.2, 0.25) is 0 Å². The van der Waals surface area contributed by atoms with Crippen molar-refractivity contribution in [1.29, 1.82) is 0 Å². The van der Waals surface area contributed by atoms with Crippen LogP contribution in [0.25, 0.3) is 0 Å². The fourth-order valence-electron chi connectivity index (χ4n) is 2.69. The van der Waals surface area contributed by atoms with Crippen LogP contribution in [-0.2, 0) is 11.3 Å². The number of rotatable bonds is 6. The molecule has 2 heterocycles. The first kappa shape index (κ1) is 18.9. The Morgan fingerprint density at radius 3 is 3.08 bits per heavy atom. The molecule has 1 aromatic carbocycles. The van der Waals surface area contributed by atoms with Crippen LogP contribution in [0.5, 0.6) is 5.75 Å². The van der Waals surface area contributed by atoms with Gasteiger partial charge in [-0.05, 0) is 38.0 Å². The Bertz CT molecular complexity index is 762. The average Bonchev–Trinajstić information content (AvgIpc) is 3.26. The van der Waals surface area contributed by atoms with Crippen LogP contribution >= 0.6 is 22.9 Å². The number of urea groups is 1. The number of carbonyl (C=O) groups excluding carboxylic acids is 1. The number of thiazole rings is 1. The van der Waals surface area contributed by atoms with E-state index in [0.29, 0.717) is 29.6 Å². The van der Waals surface area contributed by atoms with Gasteiger partial charge in [-0.15, -0.1) is 11.3 Å². The van der Waals surface area contributed by atoms with Gasteiger partial charge in [0.15, 0.2) is 0 Å². The summed E-state index contributed by atoms with van der Waals surface area (Å²) in [6.07, 6.45) is 2.15. The summed E-state index contributed by atoms with van der Waals surface area (Å²) in [5.74, 6) is 0.580. The second-order valence-corrected chi connectivity index (χ2v) is 7.73. The fraction of sp³-hybridized carbons (Fsp3) is 0.444. The summed E-state index contributed by atoms with van der Waals surface area (Å²) in [5.41, 5.74) is 1.41. The summed E-state index contributed by atoms with van der Waals surface area (Å²) >= 11 is 7.65. The van der Waals surface area contributed by atoms with E-state index in [0.717, 1.165) is 30.2 Å². The van der Waals surface area contributed by atoms with Crippen molar-refractivity contribution < 1.29 is 14.3 Å². The lowest BCUT2D eigenvalue weighted by Gasteiger charge is -2.19. The van der Waals surface area contributed by atoms with Crippen molar-refractivity contribution in [1.82, 2.24) is 9.88 Å². The third-order valence-electron chi connectivity index (χ3n) is 4.04. The number of nitrogens with zero attached hydrogens (tertiary/aromatic N) is 2. The molecule has 0 saturated carbocycles. The Labute approximate surface area is 162 Å². The van der Waals surface area contributed by atoms with Crippen molar-refractivity contribution in [3.63, 3.8) is 0 Å². The molecule has 2 amide bonds. The van der Waals surface area contributed by atoms with Crippen molar-refractivity contribution in [2.24, 2.45) is 0 Å². The minimum Gasteiger partial charge on any atom is -0.489 e. The number of benzene rings is 1. The molecule has 0 aliphatic carbocycles. The third-order valence-corrected chi connectivity index (χ3v) is 5.10. The topological polar surface area (TPSA) is 63.7 Å². The van der Waals surface area contributed by atoms with Gasteiger partial charge in [0.1, 0.15) is 12.4 Å². The second-order valence-electron chi connectivity index (χ2n) is 6.23. The highest BCUT2D eigenvalue weighted by molar-refractivity contribution is 7.09. The average molecular weight is 396 g/mol. The van der Waals surface area contributed by atoms with Gasteiger partial charge in [-0.3, -0.25) is 0 Å². The van der Waals surface area contributed by atoms with Crippen LogP contribution in [0.3, 0.4) is 0 Å². The predicted molar refractivity (Wildman–Crippen MR) is 103 cm³/mol. The van der Waals surface area contributed by atoms with Gasteiger partial charge < -0.3 is 19.7 Å². The number of anilines is 1. The summed E-state index contributed by atoms with van der Waals surface area (Å²) in [4.78, 5) is 18.5. The number of hydrogen-bond acceptors (Lipinski definition) is 5. The molecule has 1 aromatic heterocycles. The first-order chi connectivity index (χ1) is 12.5. The number of halogens is 1. The lowest BCUT2D eigenvalue weighted by molar-refractivity contribution is 0.0682. The Morgan fingerprint density at radius 2 is 2.38 bits per heavy atom. The van der Waals surface area contributed by atoms with Crippen LogP contribution in [-0.4, -0.2) is 42.3 Å². The van der Waals surface area contributed by atoms with Gasteiger partial charge in [0, 0.05) is 24.1 Å². The maximum Gasteiger partial charge on any atom is 0.322 e. The van der Waals surface area contributed by atoms with Crippen LogP contribution in [0, 0.1) is 6.92 Å². The predicted octanol–water partition coefficient (Wildman–Crippen LogP) is 4.33. The van der Waals surface area contributed by atoms with Gasteiger partial charge in [-0.25, -0.2) is 9.78 Å². The first-order valence-corrected chi connectivity index (χ1v) is 9.74. The molecule has 1 saturated heterocycles. The molecule has 3 rings (SSSR count). The zero-order valence-corrected chi connectivity index (χ0v) is 16.4. The maximum atomic E-state index is 12.5. The summed E-state index contributed by atoms with van der Waals surface area (Å²) < 4.78 is 11.4. The number of amides is 2. The number of aryl methyl sites for hydroxylation is 1. The summed E-state index contributed by atoms with van der Waals surface area (Å²) in [6, 6.07) is 4.94. The molecule has 0 spiro atoms. The zero-order chi connectivity index (χ0) is 18.5. The molecule has 1 atom stereocenters.